The van der Waals surface area contributed by atoms with Crippen molar-refractivity contribution in [3.8, 4) is 6.07 Å². The van der Waals surface area contributed by atoms with E-state index in [9.17, 15) is 22.8 Å². The van der Waals surface area contributed by atoms with Crippen LogP contribution in [0.15, 0.2) is 18.2 Å². The van der Waals surface area contributed by atoms with Gasteiger partial charge in [0.05, 0.1) is 23.7 Å². The van der Waals surface area contributed by atoms with Crippen LogP contribution in [0.4, 0.5) is 18.9 Å². The second-order valence-corrected chi connectivity index (χ2v) is 7.50. The summed E-state index contributed by atoms with van der Waals surface area (Å²) in [5.41, 5.74) is -1.23. The zero-order valence-corrected chi connectivity index (χ0v) is 16.7. The van der Waals surface area contributed by atoms with Gasteiger partial charge in [-0.15, -0.1) is 0 Å². The lowest BCUT2D eigenvalue weighted by Gasteiger charge is -2.32. The minimum absolute atomic E-state index is 0.00371. The summed E-state index contributed by atoms with van der Waals surface area (Å²) >= 11 is 0. The molecule has 0 aromatic heterocycles. The normalized spacial score (nSPS) is 22.7. The van der Waals surface area contributed by atoms with Gasteiger partial charge < -0.3 is 19.9 Å². The van der Waals surface area contributed by atoms with Crippen LogP contribution in [0.1, 0.15) is 37.8 Å². The van der Waals surface area contributed by atoms with Crippen molar-refractivity contribution in [2.24, 2.45) is 0 Å². The van der Waals surface area contributed by atoms with Crippen LogP contribution in [0.25, 0.3) is 0 Å². The Morgan fingerprint density at radius 2 is 1.93 bits per heavy atom. The number of alkyl halides is 3. The third kappa shape index (κ3) is 4.67. The number of nitrogens with one attached hydrogen (secondary N) is 1. The van der Waals surface area contributed by atoms with Gasteiger partial charge in [0.1, 0.15) is 6.23 Å². The summed E-state index contributed by atoms with van der Waals surface area (Å²) in [6.07, 6.45) is -4.80. The molecule has 7 nitrogen and oxygen atoms in total. The van der Waals surface area contributed by atoms with E-state index < -0.39 is 29.6 Å². The first-order valence-corrected chi connectivity index (χ1v) is 9.69. The Morgan fingerprint density at radius 3 is 2.50 bits per heavy atom. The average Bonchev–Trinajstić information content (AvgIpc) is 3.09. The average molecular weight is 424 g/mol. The van der Waals surface area contributed by atoms with E-state index in [0.717, 1.165) is 12.1 Å². The SMILES string of the molecule is CC(=O)N1CCC(NC(=O)[C@@H]2CN(c3ccc(C#N)c(C(F)(F)F)c3)[C@@H](C)O2)CC1. The third-order valence-corrected chi connectivity index (χ3v) is 5.50. The first-order chi connectivity index (χ1) is 14.1. The van der Waals surface area contributed by atoms with Crippen molar-refractivity contribution in [2.45, 2.75) is 51.2 Å². The van der Waals surface area contributed by atoms with Gasteiger partial charge >= 0.3 is 6.18 Å². The molecule has 2 saturated heterocycles. The molecule has 2 fully saturated rings. The second-order valence-electron chi connectivity index (χ2n) is 7.50. The molecule has 1 aromatic rings. The number of nitrogens with zero attached hydrogens (tertiary/aromatic N) is 3. The maximum atomic E-state index is 13.3. The molecule has 2 atom stereocenters. The molecule has 0 bridgehead atoms. The van der Waals surface area contributed by atoms with Crippen LogP contribution in [0.3, 0.4) is 0 Å². The summed E-state index contributed by atoms with van der Waals surface area (Å²) in [7, 11) is 0. The highest BCUT2D eigenvalue weighted by Crippen LogP contribution is 2.36. The highest BCUT2D eigenvalue weighted by Gasteiger charge is 2.38. The maximum Gasteiger partial charge on any atom is 0.417 e. The summed E-state index contributed by atoms with van der Waals surface area (Å²) < 4.78 is 45.4. The third-order valence-electron chi connectivity index (χ3n) is 5.50. The molecule has 10 heteroatoms. The summed E-state index contributed by atoms with van der Waals surface area (Å²) in [6.45, 7) is 4.40. The molecule has 1 N–H and O–H groups in total. The lowest BCUT2D eigenvalue weighted by Crippen LogP contribution is -2.49. The molecule has 2 heterocycles. The fourth-order valence-corrected chi connectivity index (χ4v) is 3.82. The number of carbonyl (C=O) groups is 2. The monoisotopic (exact) mass is 424 g/mol. The van der Waals surface area contributed by atoms with Gasteiger partial charge in [0.2, 0.25) is 5.91 Å². The van der Waals surface area contributed by atoms with Gasteiger partial charge in [0.25, 0.3) is 5.91 Å². The molecule has 3 rings (SSSR count). The standard InChI is InChI=1S/C20H23F3N4O3/c1-12(28)26-7-5-15(6-8-26)25-19(29)18-11-27(13(2)30-18)16-4-3-14(10-24)17(9-16)20(21,22)23/h3-4,9,13,15,18H,5-8,11H2,1-2H3,(H,25,29)/t13-,18+/m1/s1. The van der Waals surface area contributed by atoms with Gasteiger partial charge in [-0.3, -0.25) is 9.59 Å². The van der Waals surface area contributed by atoms with Gasteiger partial charge in [-0.1, -0.05) is 0 Å². The Kier molecular flexibility index (Phi) is 6.22. The van der Waals surface area contributed by atoms with Gasteiger partial charge in [-0.25, -0.2) is 0 Å². The number of halogens is 3. The summed E-state index contributed by atoms with van der Waals surface area (Å²) in [6, 6.07) is 4.94. The number of carbonyl (C=O) groups excluding carboxylic acids is 2. The first kappa shape index (κ1) is 21.9. The Balaban J connectivity index is 1.65. The topological polar surface area (TPSA) is 85.7 Å². The van der Waals surface area contributed by atoms with Gasteiger partial charge in [-0.2, -0.15) is 18.4 Å². The van der Waals surface area contributed by atoms with Crippen LogP contribution >= 0.6 is 0 Å². The van der Waals surface area contributed by atoms with Crippen molar-refractivity contribution in [1.82, 2.24) is 10.2 Å². The van der Waals surface area contributed by atoms with Crippen molar-refractivity contribution >= 4 is 17.5 Å². The van der Waals surface area contributed by atoms with E-state index >= 15 is 0 Å². The molecule has 2 aliphatic rings. The Hall–Kier alpha value is -2.80. The smallest absolute Gasteiger partial charge is 0.351 e. The van der Waals surface area contributed by atoms with Crippen LogP contribution < -0.4 is 10.2 Å². The molecular weight excluding hydrogens is 401 g/mol. The Bertz CT molecular complexity index is 860. The zero-order valence-electron chi connectivity index (χ0n) is 16.7. The number of hydrogen-bond acceptors (Lipinski definition) is 5. The molecular formula is C20H23F3N4O3. The van der Waals surface area contributed by atoms with Crippen molar-refractivity contribution in [3.05, 3.63) is 29.3 Å². The summed E-state index contributed by atoms with van der Waals surface area (Å²) in [5, 5.41) is 11.9. The van der Waals surface area contributed by atoms with Crippen LogP contribution in [0.2, 0.25) is 0 Å². The molecule has 2 amide bonds. The highest BCUT2D eigenvalue weighted by atomic mass is 19.4. The maximum absolute atomic E-state index is 13.3. The van der Waals surface area contributed by atoms with Crippen molar-refractivity contribution < 1.29 is 27.5 Å². The van der Waals surface area contributed by atoms with Gasteiger partial charge in [0, 0.05) is 31.7 Å². The minimum atomic E-state index is -4.66. The number of rotatable bonds is 3. The van der Waals surface area contributed by atoms with Crippen LogP contribution in [0, 0.1) is 11.3 Å². The fourth-order valence-electron chi connectivity index (χ4n) is 3.82. The van der Waals surface area contributed by atoms with Crippen molar-refractivity contribution in [3.63, 3.8) is 0 Å². The molecule has 0 saturated carbocycles. The predicted molar refractivity (Wildman–Crippen MR) is 101 cm³/mol. The van der Waals surface area contributed by atoms with Crippen LogP contribution in [0.5, 0.6) is 0 Å². The van der Waals surface area contributed by atoms with E-state index in [-0.39, 0.29) is 30.1 Å². The highest BCUT2D eigenvalue weighted by molar-refractivity contribution is 5.82. The molecule has 0 radical (unpaired) electrons. The van der Waals surface area contributed by atoms with Crippen LogP contribution in [-0.4, -0.2) is 54.7 Å². The largest absolute Gasteiger partial charge is 0.417 e. The lowest BCUT2D eigenvalue weighted by atomic mass is 10.0. The van der Waals surface area contributed by atoms with Gasteiger partial charge in [-0.05, 0) is 38.0 Å². The molecule has 0 spiro atoms. The van der Waals surface area contributed by atoms with Crippen molar-refractivity contribution in [2.75, 3.05) is 24.5 Å². The molecule has 162 valence electrons. The number of benzene rings is 1. The summed E-state index contributed by atoms with van der Waals surface area (Å²) in [4.78, 5) is 27.3. The van der Waals surface area contributed by atoms with E-state index in [1.165, 1.54) is 13.0 Å². The van der Waals surface area contributed by atoms with E-state index in [4.69, 9.17) is 10.00 Å². The molecule has 0 unspecified atom stereocenters. The van der Waals surface area contributed by atoms with E-state index in [1.54, 1.807) is 22.8 Å². The number of hydrogen-bond donors (Lipinski definition) is 1. The van der Waals surface area contributed by atoms with E-state index in [1.807, 2.05) is 0 Å². The lowest BCUT2D eigenvalue weighted by molar-refractivity contribution is -0.138. The quantitative estimate of drug-likeness (QED) is 0.805. The predicted octanol–water partition coefficient (Wildman–Crippen LogP) is 2.26. The number of anilines is 1. The van der Waals surface area contributed by atoms with Crippen molar-refractivity contribution in [1.29, 1.82) is 5.26 Å². The molecule has 1 aromatic carbocycles. The molecule has 30 heavy (non-hydrogen) atoms. The number of amides is 2. The Morgan fingerprint density at radius 1 is 1.27 bits per heavy atom. The Labute approximate surface area is 172 Å². The number of piperidine rings is 1. The number of likely N-dealkylation sites (tertiary alicyclic amines) is 1. The van der Waals surface area contributed by atoms with Crippen LogP contribution in [-0.2, 0) is 20.5 Å². The first-order valence-electron chi connectivity index (χ1n) is 9.69. The number of nitriles is 1. The van der Waals surface area contributed by atoms with Gasteiger partial charge in [0.15, 0.2) is 6.10 Å². The minimum Gasteiger partial charge on any atom is -0.351 e. The van der Waals surface area contributed by atoms with E-state index in [2.05, 4.69) is 5.32 Å². The molecule has 2 aliphatic heterocycles. The zero-order chi connectivity index (χ0) is 22.1. The second kappa shape index (κ2) is 8.52. The number of ether oxygens (including phenoxy) is 1. The fraction of sp³-hybridized carbons (Fsp3) is 0.550. The molecule has 0 aliphatic carbocycles. The summed E-state index contributed by atoms with van der Waals surface area (Å²) in [5.74, 6) is -0.320. The van der Waals surface area contributed by atoms with E-state index in [0.29, 0.717) is 25.9 Å².